The lowest BCUT2D eigenvalue weighted by atomic mass is 10.2. The monoisotopic (exact) mass is 300 g/mol. The fourth-order valence-electron chi connectivity index (χ4n) is 1.39. The van der Waals surface area contributed by atoms with Gasteiger partial charge in [-0.15, -0.1) is 0 Å². The number of hydrogen-bond donors (Lipinski definition) is 1. The molecule has 6 heteroatoms. The molecule has 0 fully saturated rings. The Morgan fingerprint density at radius 1 is 1.56 bits per heavy atom. The van der Waals surface area contributed by atoms with Gasteiger partial charge in [-0.1, -0.05) is 11.6 Å². The van der Waals surface area contributed by atoms with E-state index in [2.05, 4.69) is 26.0 Å². The molecule has 0 bridgehead atoms. The van der Waals surface area contributed by atoms with Gasteiger partial charge in [0.15, 0.2) is 5.82 Å². The van der Waals surface area contributed by atoms with Gasteiger partial charge in [0.2, 0.25) is 0 Å². The van der Waals surface area contributed by atoms with Gasteiger partial charge in [0.05, 0.1) is 10.7 Å². The maximum Gasteiger partial charge on any atom is 0.172 e. The van der Waals surface area contributed by atoms with Gasteiger partial charge in [-0.25, -0.2) is 9.67 Å². The number of halogens is 2. The summed E-state index contributed by atoms with van der Waals surface area (Å²) in [5.41, 5.74) is 6.72. The number of nitrogens with zero attached hydrogens (tertiary/aromatic N) is 3. The first-order chi connectivity index (χ1) is 7.59. The summed E-state index contributed by atoms with van der Waals surface area (Å²) in [6, 6.07) is 5.26. The van der Waals surface area contributed by atoms with E-state index in [0.717, 1.165) is 5.69 Å². The van der Waals surface area contributed by atoms with Crippen LogP contribution < -0.4 is 5.73 Å². The summed E-state index contributed by atoms with van der Waals surface area (Å²) in [6.07, 6.45) is 1.67. The van der Waals surface area contributed by atoms with E-state index in [1.54, 1.807) is 23.0 Å². The molecule has 0 spiro atoms. The second-order valence-electron chi connectivity index (χ2n) is 3.40. The second kappa shape index (κ2) is 4.53. The smallest absolute Gasteiger partial charge is 0.172 e. The number of pyridine rings is 1. The Hall–Kier alpha value is -0.910. The average Bonchev–Trinajstić information content (AvgIpc) is 2.61. The number of nitrogens with two attached hydrogens (primary N) is 1. The Morgan fingerprint density at radius 3 is 2.94 bits per heavy atom. The Morgan fingerprint density at radius 2 is 2.31 bits per heavy atom. The Bertz CT molecular complexity index is 509. The SMILES string of the molecule is CC(N)c1cc(Br)nn1-c1ncccc1Cl. The van der Waals surface area contributed by atoms with Gasteiger partial charge in [0, 0.05) is 12.2 Å². The molecule has 1 unspecified atom stereocenters. The van der Waals surface area contributed by atoms with Crippen molar-refractivity contribution in [2.45, 2.75) is 13.0 Å². The van der Waals surface area contributed by atoms with Crippen LogP contribution in [0.3, 0.4) is 0 Å². The zero-order chi connectivity index (χ0) is 11.7. The zero-order valence-corrected chi connectivity index (χ0v) is 10.9. The van der Waals surface area contributed by atoms with Crippen LogP contribution in [0.4, 0.5) is 0 Å². The summed E-state index contributed by atoms with van der Waals surface area (Å²) in [6.45, 7) is 1.89. The maximum atomic E-state index is 6.07. The normalized spacial score (nSPS) is 12.8. The first-order valence-electron chi connectivity index (χ1n) is 4.71. The fraction of sp³-hybridized carbons (Fsp3) is 0.200. The molecule has 2 rings (SSSR count). The van der Waals surface area contributed by atoms with Gasteiger partial charge in [0.25, 0.3) is 0 Å². The summed E-state index contributed by atoms with van der Waals surface area (Å²) in [7, 11) is 0. The molecule has 84 valence electrons. The van der Waals surface area contributed by atoms with E-state index in [1.807, 2.05) is 13.0 Å². The topological polar surface area (TPSA) is 56.7 Å². The summed E-state index contributed by atoms with van der Waals surface area (Å²) < 4.78 is 2.36. The van der Waals surface area contributed by atoms with Crippen molar-refractivity contribution in [3.63, 3.8) is 0 Å². The Balaban J connectivity index is 2.60. The minimum absolute atomic E-state index is 0.142. The van der Waals surface area contributed by atoms with Crippen LogP contribution in [-0.4, -0.2) is 14.8 Å². The molecule has 0 radical (unpaired) electrons. The zero-order valence-electron chi connectivity index (χ0n) is 8.56. The summed E-state index contributed by atoms with van der Waals surface area (Å²) in [5, 5.41) is 4.81. The third-order valence-corrected chi connectivity index (χ3v) is 2.80. The molecule has 0 saturated heterocycles. The highest BCUT2D eigenvalue weighted by atomic mass is 79.9. The van der Waals surface area contributed by atoms with E-state index in [9.17, 15) is 0 Å². The molecule has 2 heterocycles. The van der Waals surface area contributed by atoms with Crippen molar-refractivity contribution in [1.82, 2.24) is 14.8 Å². The molecule has 16 heavy (non-hydrogen) atoms. The van der Waals surface area contributed by atoms with Crippen LogP contribution in [0.2, 0.25) is 5.02 Å². The molecule has 0 aliphatic carbocycles. The summed E-state index contributed by atoms with van der Waals surface area (Å²) in [4.78, 5) is 4.20. The van der Waals surface area contributed by atoms with Crippen LogP contribution >= 0.6 is 27.5 Å². The van der Waals surface area contributed by atoms with Crippen molar-refractivity contribution in [1.29, 1.82) is 0 Å². The lowest BCUT2D eigenvalue weighted by molar-refractivity contribution is 0.698. The molecule has 0 aliphatic heterocycles. The van der Waals surface area contributed by atoms with Gasteiger partial charge >= 0.3 is 0 Å². The van der Waals surface area contributed by atoms with Crippen LogP contribution in [0.1, 0.15) is 18.7 Å². The average molecular weight is 302 g/mol. The molecule has 0 aromatic carbocycles. The Kier molecular flexibility index (Phi) is 3.28. The van der Waals surface area contributed by atoms with E-state index in [1.165, 1.54) is 0 Å². The molecular formula is C10H10BrClN4. The van der Waals surface area contributed by atoms with E-state index in [-0.39, 0.29) is 6.04 Å². The first kappa shape index (κ1) is 11.6. The van der Waals surface area contributed by atoms with Crippen molar-refractivity contribution < 1.29 is 0 Å². The lowest BCUT2D eigenvalue weighted by Crippen LogP contribution is -2.13. The van der Waals surface area contributed by atoms with Crippen molar-refractivity contribution in [3.8, 4) is 5.82 Å². The molecule has 2 aromatic heterocycles. The lowest BCUT2D eigenvalue weighted by Gasteiger charge is -2.09. The summed E-state index contributed by atoms with van der Waals surface area (Å²) in [5.74, 6) is 0.585. The van der Waals surface area contributed by atoms with Crippen molar-refractivity contribution in [3.05, 3.63) is 39.7 Å². The highest BCUT2D eigenvalue weighted by Gasteiger charge is 2.14. The van der Waals surface area contributed by atoms with E-state index >= 15 is 0 Å². The molecule has 2 aromatic rings. The van der Waals surface area contributed by atoms with Crippen LogP contribution in [0, 0.1) is 0 Å². The van der Waals surface area contributed by atoms with Gasteiger partial charge in [-0.05, 0) is 41.1 Å². The second-order valence-corrected chi connectivity index (χ2v) is 4.62. The van der Waals surface area contributed by atoms with Crippen molar-refractivity contribution >= 4 is 27.5 Å². The van der Waals surface area contributed by atoms with Crippen LogP contribution in [0.15, 0.2) is 29.0 Å². The summed E-state index contributed by atoms with van der Waals surface area (Å²) >= 11 is 9.38. The van der Waals surface area contributed by atoms with Crippen molar-refractivity contribution in [2.24, 2.45) is 5.73 Å². The predicted molar refractivity (Wildman–Crippen MR) is 66.7 cm³/mol. The van der Waals surface area contributed by atoms with Gasteiger partial charge in [0.1, 0.15) is 4.60 Å². The largest absolute Gasteiger partial charge is 0.323 e. The number of aromatic nitrogens is 3. The molecule has 2 N–H and O–H groups in total. The molecule has 1 atom stereocenters. The van der Waals surface area contributed by atoms with E-state index < -0.39 is 0 Å². The first-order valence-corrected chi connectivity index (χ1v) is 5.88. The number of hydrogen-bond acceptors (Lipinski definition) is 3. The maximum absolute atomic E-state index is 6.07. The standard InChI is InChI=1S/C10H10BrClN4/c1-6(13)8-5-9(11)15-16(8)10-7(12)3-2-4-14-10/h2-6H,13H2,1H3. The minimum Gasteiger partial charge on any atom is -0.323 e. The molecule has 0 amide bonds. The van der Waals surface area contributed by atoms with Crippen molar-refractivity contribution in [2.75, 3.05) is 0 Å². The van der Waals surface area contributed by atoms with E-state index in [0.29, 0.717) is 15.4 Å². The quantitative estimate of drug-likeness (QED) is 0.928. The van der Waals surface area contributed by atoms with Gasteiger partial charge in [-0.3, -0.25) is 0 Å². The predicted octanol–water partition coefficient (Wildman–Crippen LogP) is 2.70. The third-order valence-electron chi connectivity index (χ3n) is 2.11. The molecule has 4 nitrogen and oxygen atoms in total. The van der Waals surface area contributed by atoms with Crippen LogP contribution in [-0.2, 0) is 0 Å². The molecule has 0 aliphatic rings. The molecule has 0 saturated carbocycles. The highest BCUT2D eigenvalue weighted by molar-refractivity contribution is 9.10. The van der Waals surface area contributed by atoms with E-state index in [4.69, 9.17) is 17.3 Å². The van der Waals surface area contributed by atoms with Gasteiger partial charge in [-0.2, -0.15) is 5.10 Å². The van der Waals surface area contributed by atoms with Crippen LogP contribution in [0.25, 0.3) is 5.82 Å². The Labute approximate surface area is 107 Å². The van der Waals surface area contributed by atoms with Crippen LogP contribution in [0.5, 0.6) is 0 Å². The highest BCUT2D eigenvalue weighted by Crippen LogP contribution is 2.23. The molecular weight excluding hydrogens is 291 g/mol. The number of rotatable bonds is 2. The third kappa shape index (κ3) is 2.11. The fourth-order valence-corrected chi connectivity index (χ4v) is 1.99. The van der Waals surface area contributed by atoms with Gasteiger partial charge < -0.3 is 5.73 Å². The minimum atomic E-state index is -0.142.